The average Bonchev–Trinajstić information content (AvgIpc) is 3.33. The molecule has 2 aromatic carbocycles. The summed E-state index contributed by atoms with van der Waals surface area (Å²) < 4.78 is 7.10. The van der Waals surface area contributed by atoms with Gasteiger partial charge in [0, 0.05) is 11.1 Å². The number of aromatic nitrogens is 5. The highest BCUT2D eigenvalue weighted by Gasteiger charge is 2.32. The van der Waals surface area contributed by atoms with Crippen LogP contribution in [-0.4, -0.2) is 50.3 Å². The number of ether oxygens (including phenoxy) is 1. The summed E-state index contributed by atoms with van der Waals surface area (Å²) in [7, 11) is 1.66. The van der Waals surface area contributed by atoms with Gasteiger partial charge in [-0.1, -0.05) is 32.0 Å². The molecule has 1 N–H and O–H groups in total. The molecule has 8 nitrogen and oxygen atoms in total. The quantitative estimate of drug-likeness (QED) is 0.438. The Hall–Kier alpha value is -3.52. The van der Waals surface area contributed by atoms with Crippen molar-refractivity contribution in [2.75, 3.05) is 20.2 Å². The van der Waals surface area contributed by atoms with Crippen LogP contribution >= 0.6 is 0 Å². The molecule has 0 bridgehead atoms. The van der Waals surface area contributed by atoms with E-state index in [1.54, 1.807) is 7.11 Å². The van der Waals surface area contributed by atoms with Gasteiger partial charge in [0.25, 0.3) is 5.56 Å². The molecule has 8 heteroatoms. The second kappa shape index (κ2) is 10.00. The summed E-state index contributed by atoms with van der Waals surface area (Å²) in [6.45, 7) is 6.73. The zero-order valence-corrected chi connectivity index (χ0v) is 20.6. The number of H-pyrrole nitrogens is 1. The smallest absolute Gasteiger partial charge is 0.253 e. The Kier molecular flexibility index (Phi) is 6.63. The first-order chi connectivity index (χ1) is 17.1. The van der Waals surface area contributed by atoms with E-state index in [9.17, 15) is 4.79 Å². The van der Waals surface area contributed by atoms with Crippen LogP contribution in [0.15, 0.2) is 53.3 Å². The Balaban J connectivity index is 1.58. The van der Waals surface area contributed by atoms with Crippen LogP contribution in [0.2, 0.25) is 0 Å². The lowest BCUT2D eigenvalue weighted by Crippen LogP contribution is -2.40. The number of piperidine rings is 1. The molecule has 1 aliphatic rings. The van der Waals surface area contributed by atoms with Gasteiger partial charge in [-0.2, -0.15) is 0 Å². The highest BCUT2D eigenvalue weighted by molar-refractivity contribution is 5.80. The van der Waals surface area contributed by atoms with Gasteiger partial charge in [0.05, 0.1) is 13.7 Å². The van der Waals surface area contributed by atoms with Crippen molar-refractivity contribution in [2.24, 2.45) is 5.92 Å². The first kappa shape index (κ1) is 23.2. The Morgan fingerprint density at radius 2 is 1.83 bits per heavy atom. The molecular formula is C27H32N6O2. The van der Waals surface area contributed by atoms with Gasteiger partial charge < -0.3 is 9.72 Å². The van der Waals surface area contributed by atoms with Crippen molar-refractivity contribution in [3.63, 3.8) is 0 Å². The molecule has 3 heterocycles. The first-order valence-electron chi connectivity index (χ1n) is 12.3. The first-order valence-corrected chi connectivity index (χ1v) is 12.3. The van der Waals surface area contributed by atoms with Crippen molar-refractivity contribution < 1.29 is 4.74 Å². The molecule has 1 saturated heterocycles. The molecule has 0 aliphatic carbocycles. The van der Waals surface area contributed by atoms with Crippen molar-refractivity contribution in [1.82, 2.24) is 30.1 Å². The normalized spacial score (nSPS) is 16.0. The topological polar surface area (TPSA) is 88.9 Å². The Morgan fingerprint density at radius 1 is 1.09 bits per heavy atom. The molecule has 5 rings (SSSR count). The Bertz CT molecular complexity index is 1350. The maximum Gasteiger partial charge on any atom is 0.253 e. The van der Waals surface area contributed by atoms with Crippen LogP contribution in [0.3, 0.4) is 0 Å². The molecule has 0 saturated carbocycles. The summed E-state index contributed by atoms with van der Waals surface area (Å²) in [6, 6.07) is 15.8. The standard InChI is InChI=1S/C27H32N6O2/c1-4-19-7-10-24-21(15-19)16-23(27(34)28-24)25(32-13-11-18(2)12-14-32)26-29-30-31-33(26)17-20-5-8-22(35-3)9-6-20/h5-10,15-16,18,25H,4,11-14,17H2,1-3H3,(H,28,34)/t25-/m0/s1. The SMILES string of the molecule is CCc1ccc2[nH]c(=O)c([C@@H](c3nnnn3Cc3ccc(OC)cc3)N3CCC(C)CC3)cc2c1. The van der Waals surface area contributed by atoms with Crippen molar-refractivity contribution in [1.29, 1.82) is 0 Å². The molecule has 1 atom stereocenters. The van der Waals surface area contributed by atoms with Crippen molar-refractivity contribution in [3.8, 4) is 5.75 Å². The highest BCUT2D eigenvalue weighted by Crippen LogP contribution is 2.31. The van der Waals surface area contributed by atoms with Crippen LogP contribution in [0.1, 0.15) is 55.2 Å². The van der Waals surface area contributed by atoms with Crippen LogP contribution in [0.25, 0.3) is 10.9 Å². The Morgan fingerprint density at radius 3 is 2.54 bits per heavy atom. The fourth-order valence-corrected chi connectivity index (χ4v) is 4.91. The number of fused-ring (bicyclic) bond motifs is 1. The number of hydrogen-bond donors (Lipinski definition) is 1. The van der Waals surface area contributed by atoms with E-state index in [-0.39, 0.29) is 11.6 Å². The van der Waals surface area contributed by atoms with Crippen molar-refractivity contribution >= 4 is 10.9 Å². The van der Waals surface area contributed by atoms with Gasteiger partial charge in [-0.3, -0.25) is 9.69 Å². The minimum absolute atomic E-state index is 0.0932. The number of nitrogens with zero attached hydrogens (tertiary/aromatic N) is 5. The van der Waals surface area contributed by atoms with Gasteiger partial charge in [-0.15, -0.1) is 5.10 Å². The third-order valence-electron chi connectivity index (χ3n) is 7.12. The number of benzene rings is 2. The van der Waals surface area contributed by atoms with E-state index in [2.05, 4.69) is 51.4 Å². The predicted molar refractivity (Wildman–Crippen MR) is 136 cm³/mol. The largest absolute Gasteiger partial charge is 0.497 e. The lowest BCUT2D eigenvalue weighted by atomic mass is 9.95. The summed E-state index contributed by atoms with van der Waals surface area (Å²) in [4.78, 5) is 18.9. The second-order valence-electron chi connectivity index (χ2n) is 9.49. The molecule has 182 valence electrons. The van der Waals surface area contributed by atoms with E-state index >= 15 is 0 Å². The predicted octanol–water partition coefficient (Wildman–Crippen LogP) is 3.96. The van der Waals surface area contributed by atoms with Gasteiger partial charge in [-0.25, -0.2) is 4.68 Å². The summed E-state index contributed by atoms with van der Waals surface area (Å²) >= 11 is 0. The fourth-order valence-electron chi connectivity index (χ4n) is 4.91. The molecule has 0 unspecified atom stereocenters. The minimum Gasteiger partial charge on any atom is -0.497 e. The van der Waals surface area contributed by atoms with Gasteiger partial charge in [0.1, 0.15) is 11.8 Å². The fraction of sp³-hybridized carbons (Fsp3) is 0.407. The number of tetrazole rings is 1. The van der Waals surface area contributed by atoms with Crippen LogP contribution in [-0.2, 0) is 13.0 Å². The zero-order chi connectivity index (χ0) is 24.4. The number of pyridine rings is 1. The lowest BCUT2D eigenvalue weighted by molar-refractivity contribution is 0.149. The second-order valence-corrected chi connectivity index (χ2v) is 9.49. The van der Waals surface area contributed by atoms with E-state index < -0.39 is 0 Å². The number of likely N-dealkylation sites (tertiary alicyclic amines) is 1. The van der Waals surface area contributed by atoms with Crippen LogP contribution < -0.4 is 10.3 Å². The van der Waals surface area contributed by atoms with Crippen LogP contribution in [0, 0.1) is 5.92 Å². The molecule has 1 fully saturated rings. The minimum atomic E-state index is -0.325. The molecule has 4 aromatic rings. The third-order valence-corrected chi connectivity index (χ3v) is 7.12. The highest BCUT2D eigenvalue weighted by atomic mass is 16.5. The molecule has 0 spiro atoms. The van der Waals surface area contributed by atoms with E-state index in [0.29, 0.717) is 23.9 Å². The summed E-state index contributed by atoms with van der Waals surface area (Å²) in [5.41, 5.74) is 3.74. The summed E-state index contributed by atoms with van der Waals surface area (Å²) in [5, 5.41) is 13.8. The van der Waals surface area contributed by atoms with Gasteiger partial charge in [0.15, 0.2) is 5.82 Å². The number of aromatic amines is 1. The number of methoxy groups -OCH3 is 1. The molecule has 0 radical (unpaired) electrons. The lowest BCUT2D eigenvalue weighted by Gasteiger charge is -2.35. The summed E-state index contributed by atoms with van der Waals surface area (Å²) in [6.07, 6.45) is 3.11. The molecule has 0 amide bonds. The van der Waals surface area contributed by atoms with Gasteiger partial charge in [0.2, 0.25) is 0 Å². The van der Waals surface area contributed by atoms with E-state index in [4.69, 9.17) is 4.74 Å². The third kappa shape index (κ3) is 4.84. The maximum absolute atomic E-state index is 13.4. The number of hydrogen-bond acceptors (Lipinski definition) is 6. The molecule has 1 aliphatic heterocycles. The van der Waals surface area contributed by atoms with E-state index in [0.717, 1.165) is 54.6 Å². The van der Waals surface area contributed by atoms with Crippen molar-refractivity contribution in [2.45, 2.75) is 45.7 Å². The maximum atomic E-state index is 13.4. The molecular weight excluding hydrogens is 440 g/mol. The molecule has 35 heavy (non-hydrogen) atoms. The summed E-state index contributed by atoms with van der Waals surface area (Å²) in [5.74, 6) is 2.16. The monoisotopic (exact) mass is 472 g/mol. The zero-order valence-electron chi connectivity index (χ0n) is 20.6. The van der Waals surface area contributed by atoms with Crippen LogP contribution in [0.5, 0.6) is 5.75 Å². The Labute approximate surface area is 204 Å². The van der Waals surface area contributed by atoms with Gasteiger partial charge in [-0.05, 0) is 95.5 Å². The number of nitrogens with one attached hydrogen (secondary N) is 1. The van der Waals surface area contributed by atoms with Crippen molar-refractivity contribution in [3.05, 3.63) is 81.4 Å². The number of rotatable bonds is 7. The van der Waals surface area contributed by atoms with E-state index in [1.165, 1.54) is 5.56 Å². The van der Waals surface area contributed by atoms with Gasteiger partial charge >= 0.3 is 0 Å². The van der Waals surface area contributed by atoms with Crippen LogP contribution in [0.4, 0.5) is 0 Å². The molecule has 2 aromatic heterocycles. The van der Waals surface area contributed by atoms with E-state index in [1.807, 2.05) is 41.1 Å². The number of aryl methyl sites for hydroxylation is 1. The average molecular weight is 473 g/mol.